The number of amides is 1. The molecular formula is C21H26ClNO4. The minimum Gasteiger partial charge on any atom is -0.493 e. The Labute approximate surface area is 165 Å². The Kier molecular flexibility index (Phi) is 6.97. The largest absolute Gasteiger partial charge is 0.493 e. The topological polar surface area (TPSA) is 56.8 Å². The van der Waals surface area contributed by atoms with Crippen molar-refractivity contribution < 1.29 is 19.0 Å². The summed E-state index contributed by atoms with van der Waals surface area (Å²) in [4.78, 5) is 12.5. The average Bonchev–Trinajstić information content (AvgIpc) is 2.65. The third kappa shape index (κ3) is 5.30. The second-order valence-electron chi connectivity index (χ2n) is 6.88. The third-order valence-corrected chi connectivity index (χ3v) is 4.66. The number of carbonyl (C=O) groups is 1. The van der Waals surface area contributed by atoms with Gasteiger partial charge in [0.15, 0.2) is 11.5 Å². The zero-order chi connectivity index (χ0) is 20.0. The van der Waals surface area contributed by atoms with Crippen molar-refractivity contribution in [3.8, 4) is 17.2 Å². The van der Waals surface area contributed by atoms with Gasteiger partial charge in [-0.05, 0) is 35.4 Å². The molecule has 5 nitrogen and oxygen atoms in total. The molecule has 0 aromatic heterocycles. The zero-order valence-electron chi connectivity index (χ0n) is 16.4. The Bertz CT molecular complexity index is 780. The van der Waals surface area contributed by atoms with Gasteiger partial charge in [0.05, 0.1) is 27.8 Å². The van der Waals surface area contributed by atoms with Crippen LogP contribution >= 0.6 is 11.6 Å². The molecule has 2 aromatic rings. The average molecular weight is 392 g/mol. The second-order valence-corrected chi connectivity index (χ2v) is 7.32. The van der Waals surface area contributed by atoms with E-state index in [0.29, 0.717) is 28.8 Å². The number of rotatable bonds is 8. The molecule has 0 radical (unpaired) electrons. The number of carbonyl (C=O) groups excluding carboxylic acids is 1. The lowest BCUT2D eigenvalue weighted by Gasteiger charge is -2.26. The van der Waals surface area contributed by atoms with Crippen LogP contribution in [0, 0.1) is 0 Å². The van der Waals surface area contributed by atoms with Crippen LogP contribution in [0.15, 0.2) is 36.4 Å². The van der Waals surface area contributed by atoms with Crippen molar-refractivity contribution in [2.24, 2.45) is 0 Å². The summed E-state index contributed by atoms with van der Waals surface area (Å²) in [5, 5.41) is 3.68. The minimum absolute atomic E-state index is 0.0839. The van der Waals surface area contributed by atoms with E-state index in [0.717, 1.165) is 11.1 Å². The summed E-state index contributed by atoms with van der Waals surface area (Å²) < 4.78 is 16.0. The first kappa shape index (κ1) is 20.9. The molecule has 0 aliphatic carbocycles. The van der Waals surface area contributed by atoms with Gasteiger partial charge in [0.2, 0.25) is 11.7 Å². The summed E-state index contributed by atoms with van der Waals surface area (Å²) in [5.41, 5.74) is 1.61. The highest BCUT2D eigenvalue weighted by atomic mass is 35.5. The van der Waals surface area contributed by atoms with Gasteiger partial charge in [-0.3, -0.25) is 4.79 Å². The molecule has 0 aliphatic heterocycles. The van der Waals surface area contributed by atoms with Crippen molar-refractivity contribution in [2.45, 2.75) is 25.7 Å². The number of ether oxygens (including phenoxy) is 3. The Morgan fingerprint density at radius 3 is 2.19 bits per heavy atom. The summed E-state index contributed by atoms with van der Waals surface area (Å²) in [5.74, 6) is 1.48. The Balaban J connectivity index is 2.07. The van der Waals surface area contributed by atoms with Crippen LogP contribution in [-0.2, 0) is 16.6 Å². The Morgan fingerprint density at radius 1 is 1.04 bits per heavy atom. The summed E-state index contributed by atoms with van der Waals surface area (Å²) in [7, 11) is 4.65. The first-order chi connectivity index (χ1) is 12.8. The molecule has 0 atom stereocenters. The van der Waals surface area contributed by atoms with Gasteiger partial charge in [0.1, 0.15) is 0 Å². The van der Waals surface area contributed by atoms with Crippen molar-refractivity contribution in [3.05, 3.63) is 52.5 Å². The van der Waals surface area contributed by atoms with Crippen molar-refractivity contribution in [1.82, 2.24) is 5.32 Å². The van der Waals surface area contributed by atoms with E-state index in [4.69, 9.17) is 25.8 Å². The number of benzene rings is 2. The van der Waals surface area contributed by atoms with Crippen molar-refractivity contribution in [1.29, 1.82) is 0 Å². The standard InChI is InChI=1S/C21H26ClNO4/c1-21(2,15-7-6-8-16(22)12-15)13-23-19(24)11-14-9-17(25-3)20(27-5)18(10-14)26-4/h6-10,12H,11,13H2,1-5H3,(H,23,24). The molecule has 1 N–H and O–H groups in total. The first-order valence-electron chi connectivity index (χ1n) is 8.62. The summed E-state index contributed by atoms with van der Waals surface area (Å²) in [6, 6.07) is 11.2. The van der Waals surface area contributed by atoms with E-state index in [2.05, 4.69) is 19.2 Å². The van der Waals surface area contributed by atoms with E-state index < -0.39 is 0 Å². The third-order valence-electron chi connectivity index (χ3n) is 4.42. The molecule has 1 amide bonds. The molecule has 0 unspecified atom stereocenters. The summed E-state index contributed by atoms with van der Waals surface area (Å²) in [6.07, 6.45) is 0.211. The number of methoxy groups -OCH3 is 3. The van der Waals surface area contributed by atoms with E-state index in [1.54, 1.807) is 33.5 Å². The SMILES string of the molecule is COc1cc(CC(=O)NCC(C)(C)c2cccc(Cl)c2)cc(OC)c1OC. The normalized spacial score (nSPS) is 11.0. The highest BCUT2D eigenvalue weighted by Gasteiger charge is 2.22. The van der Waals surface area contributed by atoms with E-state index in [-0.39, 0.29) is 17.7 Å². The monoisotopic (exact) mass is 391 g/mol. The lowest BCUT2D eigenvalue weighted by molar-refractivity contribution is -0.120. The predicted octanol–water partition coefficient (Wildman–Crippen LogP) is 4.00. The van der Waals surface area contributed by atoms with Gasteiger partial charge in [0, 0.05) is 17.0 Å². The Hall–Kier alpha value is -2.40. The predicted molar refractivity (Wildman–Crippen MR) is 107 cm³/mol. The highest BCUT2D eigenvalue weighted by Crippen LogP contribution is 2.38. The summed E-state index contributed by atoms with van der Waals surface area (Å²) in [6.45, 7) is 4.63. The molecule has 0 fully saturated rings. The van der Waals surface area contributed by atoms with E-state index in [1.807, 2.05) is 24.3 Å². The van der Waals surface area contributed by atoms with Gasteiger partial charge in [-0.25, -0.2) is 0 Å². The molecule has 0 aliphatic rings. The molecule has 0 saturated carbocycles. The molecule has 27 heavy (non-hydrogen) atoms. The molecule has 146 valence electrons. The number of halogens is 1. The quantitative estimate of drug-likeness (QED) is 0.738. The van der Waals surface area contributed by atoms with E-state index in [1.165, 1.54) is 0 Å². The fourth-order valence-corrected chi connectivity index (χ4v) is 3.01. The van der Waals surface area contributed by atoms with Crippen molar-refractivity contribution in [2.75, 3.05) is 27.9 Å². The van der Waals surface area contributed by atoms with Gasteiger partial charge in [-0.15, -0.1) is 0 Å². The van der Waals surface area contributed by atoms with Gasteiger partial charge >= 0.3 is 0 Å². The van der Waals surface area contributed by atoms with Crippen molar-refractivity contribution in [3.63, 3.8) is 0 Å². The van der Waals surface area contributed by atoms with Gasteiger partial charge in [-0.1, -0.05) is 37.6 Å². The lowest BCUT2D eigenvalue weighted by Crippen LogP contribution is -2.37. The molecule has 2 rings (SSSR count). The smallest absolute Gasteiger partial charge is 0.224 e. The summed E-state index contributed by atoms with van der Waals surface area (Å²) >= 11 is 6.08. The van der Waals surface area contributed by atoms with Crippen LogP contribution in [0.25, 0.3) is 0 Å². The fourth-order valence-electron chi connectivity index (χ4n) is 2.82. The number of hydrogen-bond donors (Lipinski definition) is 1. The maximum Gasteiger partial charge on any atom is 0.224 e. The van der Waals surface area contributed by atoms with Crippen LogP contribution < -0.4 is 19.5 Å². The van der Waals surface area contributed by atoms with E-state index >= 15 is 0 Å². The van der Waals surface area contributed by atoms with Gasteiger partial charge in [0.25, 0.3) is 0 Å². The minimum atomic E-state index is -0.240. The highest BCUT2D eigenvalue weighted by molar-refractivity contribution is 6.30. The van der Waals surface area contributed by atoms with Crippen LogP contribution in [0.1, 0.15) is 25.0 Å². The molecule has 0 spiro atoms. The van der Waals surface area contributed by atoms with E-state index in [9.17, 15) is 4.79 Å². The number of nitrogens with one attached hydrogen (secondary N) is 1. The van der Waals surface area contributed by atoms with Crippen LogP contribution in [0.5, 0.6) is 17.2 Å². The van der Waals surface area contributed by atoms with Crippen LogP contribution in [0.2, 0.25) is 5.02 Å². The molecule has 0 saturated heterocycles. The molecular weight excluding hydrogens is 366 g/mol. The van der Waals surface area contributed by atoms with Crippen LogP contribution in [-0.4, -0.2) is 33.8 Å². The molecule has 0 heterocycles. The Morgan fingerprint density at radius 2 is 1.67 bits per heavy atom. The fraction of sp³-hybridized carbons (Fsp3) is 0.381. The van der Waals surface area contributed by atoms with Crippen LogP contribution in [0.3, 0.4) is 0 Å². The van der Waals surface area contributed by atoms with Crippen molar-refractivity contribution >= 4 is 17.5 Å². The van der Waals surface area contributed by atoms with Crippen LogP contribution in [0.4, 0.5) is 0 Å². The first-order valence-corrected chi connectivity index (χ1v) is 9.00. The number of hydrogen-bond acceptors (Lipinski definition) is 4. The molecule has 2 aromatic carbocycles. The molecule has 6 heteroatoms. The van der Waals surface area contributed by atoms with Gasteiger partial charge < -0.3 is 19.5 Å². The lowest BCUT2D eigenvalue weighted by atomic mass is 9.84. The maximum absolute atomic E-state index is 12.5. The molecule has 0 bridgehead atoms. The second kappa shape index (κ2) is 9.00. The maximum atomic E-state index is 12.5. The zero-order valence-corrected chi connectivity index (χ0v) is 17.1. The van der Waals surface area contributed by atoms with Gasteiger partial charge in [-0.2, -0.15) is 0 Å².